The zero-order valence-corrected chi connectivity index (χ0v) is 11.4. The molecule has 1 saturated heterocycles. The second kappa shape index (κ2) is 5.53. The van der Waals surface area contributed by atoms with Gasteiger partial charge in [0.1, 0.15) is 0 Å². The zero-order chi connectivity index (χ0) is 12.3. The van der Waals surface area contributed by atoms with Crippen LogP contribution in [0.15, 0.2) is 4.99 Å². The van der Waals surface area contributed by atoms with Crippen molar-refractivity contribution in [2.75, 3.05) is 34.7 Å². The van der Waals surface area contributed by atoms with Crippen molar-refractivity contribution in [2.45, 2.75) is 32.5 Å². The van der Waals surface area contributed by atoms with Crippen LogP contribution in [0.3, 0.4) is 0 Å². The van der Waals surface area contributed by atoms with E-state index in [1.54, 1.807) is 0 Å². The Bertz CT molecular complexity index is 241. The van der Waals surface area contributed by atoms with E-state index in [2.05, 4.69) is 18.8 Å². The molecule has 94 valence electrons. The fourth-order valence-corrected chi connectivity index (χ4v) is 2.26. The minimum atomic E-state index is 0.337. The van der Waals surface area contributed by atoms with Crippen molar-refractivity contribution in [3.8, 4) is 0 Å². The van der Waals surface area contributed by atoms with Crippen molar-refractivity contribution in [3.05, 3.63) is 0 Å². The number of rotatable bonds is 2. The molecule has 0 amide bonds. The number of hydrogen-bond donors (Lipinski definition) is 0. The molecule has 4 heteroatoms. The molecule has 0 aromatic rings. The molecule has 1 heterocycles. The van der Waals surface area contributed by atoms with Gasteiger partial charge in [-0.3, -0.25) is 4.99 Å². The van der Waals surface area contributed by atoms with Gasteiger partial charge in [-0.25, -0.2) is 0 Å². The van der Waals surface area contributed by atoms with Gasteiger partial charge in [-0.1, -0.05) is 0 Å². The Hall–Kier alpha value is -0.770. The van der Waals surface area contributed by atoms with Crippen LogP contribution in [-0.4, -0.2) is 62.7 Å². The summed E-state index contributed by atoms with van der Waals surface area (Å²) >= 11 is 0. The second-order valence-corrected chi connectivity index (χ2v) is 5.08. The number of ether oxygens (including phenoxy) is 1. The molecule has 0 spiro atoms. The molecule has 0 radical (unpaired) electrons. The van der Waals surface area contributed by atoms with Crippen LogP contribution in [0.2, 0.25) is 0 Å². The number of hydrogen-bond acceptors (Lipinski definition) is 2. The van der Waals surface area contributed by atoms with Crippen LogP contribution in [0.4, 0.5) is 0 Å². The van der Waals surface area contributed by atoms with Crippen molar-refractivity contribution < 1.29 is 4.74 Å². The average molecular weight is 227 g/mol. The van der Waals surface area contributed by atoms with E-state index in [9.17, 15) is 0 Å². The summed E-state index contributed by atoms with van der Waals surface area (Å²) in [6, 6.07) is 0. The molecule has 3 unspecified atom stereocenters. The summed E-state index contributed by atoms with van der Waals surface area (Å²) in [5, 5.41) is 0. The zero-order valence-electron chi connectivity index (χ0n) is 11.4. The summed E-state index contributed by atoms with van der Waals surface area (Å²) in [5.74, 6) is 1.58. The molecule has 3 atom stereocenters. The van der Waals surface area contributed by atoms with Crippen molar-refractivity contribution >= 4 is 5.96 Å². The first kappa shape index (κ1) is 13.3. The molecule has 0 aromatic carbocycles. The molecule has 1 aliphatic heterocycles. The fourth-order valence-electron chi connectivity index (χ4n) is 2.26. The molecule has 0 bridgehead atoms. The molecule has 0 N–H and O–H groups in total. The van der Waals surface area contributed by atoms with Gasteiger partial charge < -0.3 is 14.5 Å². The summed E-state index contributed by atoms with van der Waals surface area (Å²) in [6.07, 6.45) is 1.85. The Morgan fingerprint density at radius 3 is 2.12 bits per heavy atom. The van der Waals surface area contributed by atoms with Crippen LogP contribution in [0.25, 0.3) is 0 Å². The average Bonchev–Trinajstić information content (AvgIpc) is 2.44. The molecule has 1 rings (SSSR count). The van der Waals surface area contributed by atoms with Crippen LogP contribution < -0.4 is 0 Å². The van der Waals surface area contributed by atoms with Crippen LogP contribution in [0, 0.1) is 5.92 Å². The van der Waals surface area contributed by atoms with E-state index < -0.39 is 0 Å². The largest absolute Gasteiger partial charge is 0.375 e. The lowest BCUT2D eigenvalue weighted by atomic mass is 10.0. The monoisotopic (exact) mass is 227 g/mol. The van der Waals surface area contributed by atoms with E-state index in [0.29, 0.717) is 18.1 Å². The van der Waals surface area contributed by atoms with Crippen LogP contribution in [0.5, 0.6) is 0 Å². The molecule has 1 aliphatic rings. The van der Waals surface area contributed by atoms with E-state index in [-0.39, 0.29) is 0 Å². The number of guanidine groups is 1. The van der Waals surface area contributed by atoms with Gasteiger partial charge in [-0.2, -0.15) is 0 Å². The van der Waals surface area contributed by atoms with Gasteiger partial charge in [-0.05, 0) is 20.3 Å². The highest BCUT2D eigenvalue weighted by Crippen LogP contribution is 2.26. The van der Waals surface area contributed by atoms with E-state index in [4.69, 9.17) is 4.74 Å². The molecular weight excluding hydrogens is 202 g/mol. The Morgan fingerprint density at radius 2 is 1.75 bits per heavy atom. The first-order valence-electron chi connectivity index (χ1n) is 5.96. The Balaban J connectivity index is 2.56. The lowest BCUT2D eigenvalue weighted by Gasteiger charge is -2.23. The standard InChI is InChI=1S/C12H25N3O/c1-9-7-11(10(2)16-9)8-13-12(14(3)4)15(5)6/h9-11H,7-8H2,1-6H3. The van der Waals surface area contributed by atoms with Gasteiger partial charge in [0.15, 0.2) is 5.96 Å². The Labute approximate surface area is 99.3 Å². The summed E-state index contributed by atoms with van der Waals surface area (Å²) in [7, 11) is 8.10. The Kier molecular flexibility index (Phi) is 4.59. The lowest BCUT2D eigenvalue weighted by Crippen LogP contribution is -2.36. The summed E-state index contributed by atoms with van der Waals surface area (Å²) in [4.78, 5) is 8.77. The smallest absolute Gasteiger partial charge is 0.195 e. The molecular formula is C12H25N3O. The third kappa shape index (κ3) is 3.37. The van der Waals surface area contributed by atoms with Crippen molar-refractivity contribution in [1.82, 2.24) is 9.80 Å². The van der Waals surface area contributed by atoms with Crippen LogP contribution in [-0.2, 0) is 4.74 Å². The predicted octanol–water partition coefficient (Wildman–Crippen LogP) is 1.28. The summed E-state index contributed by atoms with van der Waals surface area (Å²) in [6.45, 7) is 5.14. The fraction of sp³-hybridized carbons (Fsp3) is 0.917. The van der Waals surface area contributed by atoms with Gasteiger partial charge in [0.05, 0.1) is 12.2 Å². The maximum Gasteiger partial charge on any atom is 0.195 e. The molecule has 1 fully saturated rings. The predicted molar refractivity (Wildman–Crippen MR) is 67.8 cm³/mol. The van der Waals surface area contributed by atoms with E-state index in [1.807, 2.05) is 38.0 Å². The first-order chi connectivity index (χ1) is 7.41. The van der Waals surface area contributed by atoms with Crippen molar-refractivity contribution in [2.24, 2.45) is 10.9 Å². The highest BCUT2D eigenvalue weighted by atomic mass is 16.5. The first-order valence-corrected chi connectivity index (χ1v) is 5.96. The molecule has 0 aromatic heterocycles. The normalized spacial score (nSPS) is 29.0. The van der Waals surface area contributed by atoms with E-state index >= 15 is 0 Å². The molecule has 0 aliphatic carbocycles. The van der Waals surface area contributed by atoms with Gasteiger partial charge >= 0.3 is 0 Å². The van der Waals surface area contributed by atoms with Crippen LogP contribution in [0.1, 0.15) is 20.3 Å². The van der Waals surface area contributed by atoms with Crippen molar-refractivity contribution in [1.29, 1.82) is 0 Å². The van der Waals surface area contributed by atoms with Gasteiger partial charge in [0, 0.05) is 40.7 Å². The molecule has 4 nitrogen and oxygen atoms in total. The van der Waals surface area contributed by atoms with Crippen molar-refractivity contribution in [3.63, 3.8) is 0 Å². The SMILES string of the molecule is CC1CC(CN=C(N(C)C)N(C)C)C(C)O1. The van der Waals surface area contributed by atoms with Gasteiger partial charge in [-0.15, -0.1) is 0 Å². The van der Waals surface area contributed by atoms with E-state index in [1.165, 1.54) is 0 Å². The minimum absolute atomic E-state index is 0.337. The Morgan fingerprint density at radius 1 is 1.19 bits per heavy atom. The summed E-state index contributed by atoms with van der Waals surface area (Å²) < 4.78 is 5.73. The molecule has 16 heavy (non-hydrogen) atoms. The maximum atomic E-state index is 5.73. The highest BCUT2D eigenvalue weighted by molar-refractivity contribution is 5.79. The van der Waals surface area contributed by atoms with Gasteiger partial charge in [0.25, 0.3) is 0 Å². The van der Waals surface area contributed by atoms with E-state index in [0.717, 1.165) is 18.9 Å². The highest BCUT2D eigenvalue weighted by Gasteiger charge is 2.29. The third-order valence-electron chi connectivity index (χ3n) is 3.01. The van der Waals surface area contributed by atoms with Crippen LogP contribution >= 0.6 is 0 Å². The van der Waals surface area contributed by atoms with Gasteiger partial charge in [0.2, 0.25) is 0 Å². The summed E-state index contributed by atoms with van der Waals surface area (Å²) in [5.41, 5.74) is 0. The lowest BCUT2D eigenvalue weighted by molar-refractivity contribution is 0.0570. The number of nitrogens with zero attached hydrogens (tertiary/aromatic N) is 3. The third-order valence-corrected chi connectivity index (χ3v) is 3.01. The second-order valence-electron chi connectivity index (χ2n) is 5.08. The number of aliphatic imine (C=N–C) groups is 1. The molecule has 0 saturated carbocycles. The quantitative estimate of drug-likeness (QED) is 0.525. The maximum absolute atomic E-state index is 5.73. The topological polar surface area (TPSA) is 28.1 Å². The minimum Gasteiger partial charge on any atom is -0.375 e.